The van der Waals surface area contributed by atoms with Gasteiger partial charge in [0, 0.05) is 62.8 Å². The minimum absolute atomic E-state index is 0.128. The summed E-state index contributed by atoms with van der Waals surface area (Å²) < 4.78 is 81.6. The summed E-state index contributed by atoms with van der Waals surface area (Å²) in [6, 6.07) is 12.6. The Bertz CT molecular complexity index is 1900. The molecule has 50 heavy (non-hydrogen) atoms. The number of carboxylic acid groups (broad SMARTS) is 1. The number of methoxy groups -OCH3 is 1. The Labute approximate surface area is 287 Å². The molecule has 1 saturated heterocycles. The number of alkyl halides is 3. The molecule has 2 aromatic heterocycles. The van der Waals surface area contributed by atoms with Crippen LogP contribution in [0.2, 0.25) is 0 Å². The summed E-state index contributed by atoms with van der Waals surface area (Å²) in [5.74, 6) is -0.818. The van der Waals surface area contributed by atoms with E-state index in [1.807, 2.05) is 30.0 Å². The van der Waals surface area contributed by atoms with Crippen molar-refractivity contribution in [2.45, 2.75) is 32.9 Å². The van der Waals surface area contributed by atoms with E-state index in [1.165, 1.54) is 12.3 Å². The SMILES string of the molecule is CCCc1nc(-c2cc(C)cc(OC)c2)c(-c2ccnc(Nc3ccc(N4CCN(CCS(C)(=O)=O)CC4)c(F)c3)n2)o1.O=C(O)C(F)(F)F. The number of hydrogen-bond acceptors (Lipinski definition) is 11. The number of rotatable bonds is 11. The smallest absolute Gasteiger partial charge is 0.490 e. The van der Waals surface area contributed by atoms with Crippen molar-refractivity contribution in [1.82, 2.24) is 19.9 Å². The van der Waals surface area contributed by atoms with Gasteiger partial charge in [0.05, 0.1) is 18.6 Å². The molecule has 1 aliphatic rings. The maximum absolute atomic E-state index is 15.2. The third-order valence-corrected chi connectivity index (χ3v) is 8.45. The maximum Gasteiger partial charge on any atom is 0.490 e. The van der Waals surface area contributed by atoms with Gasteiger partial charge in [0.15, 0.2) is 11.7 Å². The lowest BCUT2D eigenvalue weighted by molar-refractivity contribution is -0.192. The molecule has 0 unspecified atom stereocenters. The summed E-state index contributed by atoms with van der Waals surface area (Å²) in [6.07, 6.45) is -0.643. The minimum atomic E-state index is -5.08. The van der Waals surface area contributed by atoms with E-state index in [-0.39, 0.29) is 11.6 Å². The lowest BCUT2D eigenvalue weighted by Crippen LogP contribution is -2.47. The van der Waals surface area contributed by atoms with Crippen LogP contribution >= 0.6 is 0 Å². The predicted octanol–water partition coefficient (Wildman–Crippen LogP) is 5.75. The van der Waals surface area contributed by atoms with Crippen LogP contribution in [0, 0.1) is 12.7 Å². The number of anilines is 3. The van der Waals surface area contributed by atoms with Crippen molar-refractivity contribution in [3.8, 4) is 28.5 Å². The van der Waals surface area contributed by atoms with Gasteiger partial charge >= 0.3 is 12.1 Å². The molecule has 0 radical (unpaired) electrons. The van der Waals surface area contributed by atoms with Crippen molar-refractivity contribution in [1.29, 1.82) is 0 Å². The Morgan fingerprint density at radius 2 is 1.78 bits per heavy atom. The van der Waals surface area contributed by atoms with E-state index < -0.39 is 22.0 Å². The maximum atomic E-state index is 15.2. The highest BCUT2D eigenvalue weighted by Gasteiger charge is 2.38. The molecule has 2 N–H and O–H groups in total. The first-order valence-corrected chi connectivity index (χ1v) is 17.6. The molecular weight excluding hydrogens is 684 g/mol. The highest BCUT2D eigenvalue weighted by Crippen LogP contribution is 2.35. The van der Waals surface area contributed by atoms with Crippen LogP contribution < -0.4 is 15.0 Å². The second-order valence-electron chi connectivity index (χ2n) is 11.6. The van der Waals surface area contributed by atoms with Crippen LogP contribution in [-0.4, -0.2) is 97.4 Å². The van der Waals surface area contributed by atoms with E-state index in [4.69, 9.17) is 24.0 Å². The molecule has 3 heterocycles. The fraction of sp³-hybridized carbons (Fsp3) is 0.394. The number of sulfone groups is 1. The van der Waals surface area contributed by atoms with E-state index in [2.05, 4.69) is 27.1 Å². The molecule has 17 heteroatoms. The molecule has 0 spiro atoms. The molecule has 12 nitrogen and oxygen atoms in total. The zero-order chi connectivity index (χ0) is 36.6. The third-order valence-electron chi connectivity index (χ3n) is 7.52. The number of benzene rings is 2. The van der Waals surface area contributed by atoms with Crippen LogP contribution in [0.4, 0.5) is 34.9 Å². The Morgan fingerprint density at radius 3 is 2.38 bits per heavy atom. The normalized spacial score (nSPS) is 13.8. The number of halogens is 4. The molecular formula is C33H38F4N6O6S. The van der Waals surface area contributed by atoms with Crippen molar-refractivity contribution < 1.29 is 45.0 Å². The monoisotopic (exact) mass is 722 g/mol. The summed E-state index contributed by atoms with van der Waals surface area (Å²) in [6.45, 7) is 7.14. The van der Waals surface area contributed by atoms with E-state index in [9.17, 15) is 21.6 Å². The molecule has 270 valence electrons. The summed E-state index contributed by atoms with van der Waals surface area (Å²) in [4.78, 5) is 26.8. The average molecular weight is 723 g/mol. The quantitative estimate of drug-likeness (QED) is 0.182. The second-order valence-corrected chi connectivity index (χ2v) is 13.9. The molecule has 0 amide bonds. The van der Waals surface area contributed by atoms with Crippen molar-refractivity contribution in [3.63, 3.8) is 0 Å². The van der Waals surface area contributed by atoms with Crippen molar-refractivity contribution in [2.75, 3.05) is 62.1 Å². The number of oxazole rings is 1. The van der Waals surface area contributed by atoms with Crippen LogP contribution in [0.25, 0.3) is 22.7 Å². The topological polar surface area (TPSA) is 151 Å². The third kappa shape index (κ3) is 10.6. The molecule has 5 rings (SSSR count). The van der Waals surface area contributed by atoms with Gasteiger partial charge in [-0.3, -0.25) is 4.90 Å². The Morgan fingerprint density at radius 1 is 1.08 bits per heavy atom. The number of ether oxygens (including phenoxy) is 1. The first-order chi connectivity index (χ1) is 23.6. The molecule has 2 aromatic carbocycles. The zero-order valence-corrected chi connectivity index (χ0v) is 28.7. The standard InChI is InChI=1S/C31H37FN6O4S.C2HF3O2/c1-5-6-28-36-29(22-17-21(2)18-24(19-22)41-3)30(42-28)26-9-10-33-31(35-26)34-23-7-8-27(25(32)20-23)38-13-11-37(12-14-38)15-16-43(4,39)40;3-2(4,5)1(6)7/h7-10,17-20H,5-6,11-16H2,1-4H3,(H,33,34,35);(H,6,7). The number of hydrogen-bond donors (Lipinski definition) is 2. The number of nitrogens with one attached hydrogen (secondary N) is 1. The molecule has 0 bridgehead atoms. The van der Waals surface area contributed by atoms with E-state index >= 15 is 4.39 Å². The number of aryl methyl sites for hydroxylation is 2. The van der Waals surface area contributed by atoms with Crippen LogP contribution in [0.1, 0.15) is 24.8 Å². The van der Waals surface area contributed by atoms with Gasteiger partial charge in [-0.2, -0.15) is 13.2 Å². The Kier molecular flexibility index (Phi) is 12.4. The number of carboxylic acids is 1. The number of carbonyl (C=O) groups is 1. The molecule has 1 fully saturated rings. The van der Waals surface area contributed by atoms with Gasteiger partial charge in [0.2, 0.25) is 5.95 Å². The molecule has 1 aliphatic heterocycles. The van der Waals surface area contributed by atoms with E-state index in [1.54, 1.807) is 31.5 Å². The van der Waals surface area contributed by atoms with E-state index in [0.717, 1.165) is 23.3 Å². The number of nitrogens with zero attached hydrogens (tertiary/aromatic N) is 5. The lowest BCUT2D eigenvalue weighted by Gasteiger charge is -2.36. The first-order valence-electron chi connectivity index (χ1n) is 15.6. The molecule has 0 aliphatic carbocycles. The van der Waals surface area contributed by atoms with Crippen LogP contribution in [-0.2, 0) is 21.1 Å². The summed E-state index contributed by atoms with van der Waals surface area (Å²) >= 11 is 0. The van der Waals surface area contributed by atoms with Crippen LogP contribution in [0.3, 0.4) is 0 Å². The second kappa shape index (κ2) is 16.3. The summed E-state index contributed by atoms with van der Waals surface area (Å²) in [5.41, 5.74) is 4.13. The number of piperazine rings is 1. The van der Waals surface area contributed by atoms with Crippen LogP contribution in [0.5, 0.6) is 5.75 Å². The highest BCUT2D eigenvalue weighted by molar-refractivity contribution is 7.90. The number of aromatic nitrogens is 3. The lowest BCUT2D eigenvalue weighted by atomic mass is 10.1. The van der Waals surface area contributed by atoms with Gasteiger partial charge in [0.1, 0.15) is 32.8 Å². The molecule has 0 atom stereocenters. The van der Waals surface area contributed by atoms with Gasteiger partial charge in [-0.1, -0.05) is 6.92 Å². The van der Waals surface area contributed by atoms with Gasteiger partial charge < -0.3 is 24.5 Å². The fourth-order valence-electron chi connectivity index (χ4n) is 5.08. The highest BCUT2D eigenvalue weighted by atomic mass is 32.2. The van der Waals surface area contributed by atoms with E-state index in [0.29, 0.717) is 79.5 Å². The van der Waals surface area contributed by atoms with Crippen molar-refractivity contribution >= 4 is 33.1 Å². The van der Waals surface area contributed by atoms with Gasteiger partial charge in [0.25, 0.3) is 0 Å². The Hall–Kier alpha value is -4.77. The fourth-order valence-corrected chi connectivity index (χ4v) is 5.67. The predicted molar refractivity (Wildman–Crippen MR) is 180 cm³/mol. The molecule has 4 aromatic rings. The van der Waals surface area contributed by atoms with Crippen molar-refractivity contribution in [2.24, 2.45) is 0 Å². The largest absolute Gasteiger partial charge is 0.497 e. The first kappa shape index (κ1) is 38.0. The summed E-state index contributed by atoms with van der Waals surface area (Å²) in [5, 5.41) is 10.2. The average Bonchev–Trinajstić information content (AvgIpc) is 3.48. The van der Waals surface area contributed by atoms with Gasteiger partial charge in [-0.25, -0.2) is 32.6 Å². The summed E-state index contributed by atoms with van der Waals surface area (Å²) in [7, 11) is -1.38. The zero-order valence-electron chi connectivity index (χ0n) is 27.9. The molecule has 0 saturated carbocycles. The van der Waals surface area contributed by atoms with Gasteiger partial charge in [-0.05, 0) is 61.4 Å². The van der Waals surface area contributed by atoms with Gasteiger partial charge in [-0.15, -0.1) is 0 Å². The van der Waals surface area contributed by atoms with Crippen LogP contribution in [0.15, 0.2) is 53.1 Å². The minimum Gasteiger partial charge on any atom is -0.497 e. The van der Waals surface area contributed by atoms with Crippen molar-refractivity contribution in [3.05, 3.63) is 65.9 Å². The number of aliphatic carboxylic acids is 1. The Balaban J connectivity index is 0.000000727.